The fraction of sp³-hybridized carbons (Fsp3) is 0.214. The van der Waals surface area contributed by atoms with Crippen LogP contribution in [0.15, 0.2) is 24.3 Å². The molecule has 19 heavy (non-hydrogen) atoms. The van der Waals surface area contributed by atoms with Gasteiger partial charge in [-0.2, -0.15) is 0 Å². The lowest BCUT2D eigenvalue weighted by atomic mass is 10.1. The van der Waals surface area contributed by atoms with Gasteiger partial charge in [-0.25, -0.2) is 4.98 Å². The topological polar surface area (TPSA) is 24.9 Å². The molecule has 0 unspecified atom stereocenters. The number of nitrogens with one attached hydrogen (secondary N) is 1. The van der Waals surface area contributed by atoms with Gasteiger partial charge in [0.15, 0.2) is 0 Å². The minimum Gasteiger partial charge on any atom is -0.369 e. The molecule has 0 saturated carbocycles. The maximum absolute atomic E-state index is 6.21. The molecule has 1 N–H and O–H groups in total. The Morgan fingerprint density at radius 1 is 1.05 bits per heavy atom. The maximum Gasteiger partial charge on any atom is 0.145 e. The van der Waals surface area contributed by atoms with E-state index < -0.39 is 0 Å². The lowest BCUT2D eigenvalue weighted by molar-refractivity contribution is 1.16. The van der Waals surface area contributed by atoms with Crippen LogP contribution in [0.2, 0.25) is 15.1 Å². The molecule has 0 aliphatic carbocycles. The van der Waals surface area contributed by atoms with Gasteiger partial charge in [-0.1, -0.05) is 46.9 Å². The van der Waals surface area contributed by atoms with Crippen molar-refractivity contribution in [2.45, 2.75) is 13.8 Å². The summed E-state index contributed by atoms with van der Waals surface area (Å²) in [6, 6.07) is 7.43. The Balaban J connectivity index is 2.54. The number of anilines is 1. The second-order valence-electron chi connectivity index (χ2n) is 4.14. The number of pyridine rings is 1. The molecule has 1 heterocycles. The molecule has 2 nitrogen and oxygen atoms in total. The first kappa shape index (κ1) is 14.4. The van der Waals surface area contributed by atoms with Gasteiger partial charge in [-0.3, -0.25) is 0 Å². The number of hydrogen-bond acceptors (Lipinski definition) is 2. The third-order valence-corrected chi connectivity index (χ3v) is 3.70. The number of aryl methyl sites for hydroxylation is 1. The summed E-state index contributed by atoms with van der Waals surface area (Å²) in [5.41, 5.74) is 2.56. The summed E-state index contributed by atoms with van der Waals surface area (Å²) < 4.78 is 0. The van der Waals surface area contributed by atoms with Crippen molar-refractivity contribution in [3.63, 3.8) is 0 Å². The van der Waals surface area contributed by atoms with Crippen molar-refractivity contribution in [3.05, 3.63) is 44.9 Å². The third kappa shape index (κ3) is 3.14. The molecule has 2 aromatic rings. The first-order chi connectivity index (χ1) is 9.02. The molecule has 5 heteroatoms. The van der Waals surface area contributed by atoms with Gasteiger partial charge >= 0.3 is 0 Å². The zero-order valence-corrected chi connectivity index (χ0v) is 12.9. The average Bonchev–Trinajstić information content (AvgIpc) is 2.36. The lowest BCUT2D eigenvalue weighted by Gasteiger charge is -2.10. The van der Waals surface area contributed by atoms with Crippen molar-refractivity contribution in [3.8, 4) is 11.3 Å². The van der Waals surface area contributed by atoms with E-state index in [1.54, 1.807) is 6.07 Å². The fourth-order valence-corrected chi connectivity index (χ4v) is 2.42. The predicted octanol–water partition coefficient (Wildman–Crippen LogP) is 5.45. The molecule has 0 aliphatic heterocycles. The van der Waals surface area contributed by atoms with Gasteiger partial charge in [0.2, 0.25) is 0 Å². The third-order valence-electron chi connectivity index (χ3n) is 2.72. The number of halogens is 3. The molecule has 1 aromatic carbocycles. The Morgan fingerprint density at radius 3 is 2.42 bits per heavy atom. The van der Waals surface area contributed by atoms with Crippen LogP contribution in [-0.4, -0.2) is 11.5 Å². The van der Waals surface area contributed by atoms with Gasteiger partial charge in [-0.05, 0) is 31.5 Å². The van der Waals surface area contributed by atoms with Crippen LogP contribution in [0.1, 0.15) is 12.5 Å². The van der Waals surface area contributed by atoms with Crippen LogP contribution >= 0.6 is 34.8 Å². The smallest absolute Gasteiger partial charge is 0.145 e. The van der Waals surface area contributed by atoms with E-state index in [0.29, 0.717) is 26.6 Å². The van der Waals surface area contributed by atoms with Crippen LogP contribution in [-0.2, 0) is 0 Å². The van der Waals surface area contributed by atoms with Crippen LogP contribution in [0.5, 0.6) is 0 Å². The Hall–Kier alpha value is -0.960. The summed E-state index contributed by atoms with van der Waals surface area (Å²) in [5.74, 6) is 0.625. The van der Waals surface area contributed by atoms with E-state index in [4.69, 9.17) is 34.8 Å². The van der Waals surface area contributed by atoms with Gasteiger partial charge in [-0.15, -0.1) is 0 Å². The van der Waals surface area contributed by atoms with Crippen molar-refractivity contribution < 1.29 is 0 Å². The molecule has 0 aliphatic rings. The standard InChI is InChI=1S/C14H13Cl3N2/c1-3-18-14-12(17)7-11(16)13(19-14)9-5-4-8(2)10(15)6-9/h4-7H,3H2,1-2H3,(H,18,19). The summed E-state index contributed by atoms with van der Waals surface area (Å²) in [6.45, 7) is 4.67. The van der Waals surface area contributed by atoms with Gasteiger partial charge in [0, 0.05) is 17.1 Å². The Bertz CT molecular complexity index is 612. The molecule has 0 bridgehead atoms. The van der Waals surface area contributed by atoms with Crippen molar-refractivity contribution in [2.24, 2.45) is 0 Å². The monoisotopic (exact) mass is 314 g/mol. The Labute approximate surface area is 127 Å². The van der Waals surface area contributed by atoms with E-state index in [-0.39, 0.29) is 0 Å². The molecule has 0 spiro atoms. The maximum atomic E-state index is 6.21. The molecule has 100 valence electrons. The number of hydrogen-bond donors (Lipinski definition) is 1. The molecule has 1 aromatic heterocycles. The van der Waals surface area contributed by atoms with Gasteiger partial charge in [0.25, 0.3) is 0 Å². The SMILES string of the molecule is CCNc1nc(-c2ccc(C)c(Cl)c2)c(Cl)cc1Cl. The van der Waals surface area contributed by atoms with E-state index in [1.807, 2.05) is 32.0 Å². The second kappa shape index (κ2) is 6.00. The summed E-state index contributed by atoms with van der Waals surface area (Å²) >= 11 is 18.4. The van der Waals surface area contributed by atoms with Crippen LogP contribution in [0.4, 0.5) is 5.82 Å². The van der Waals surface area contributed by atoms with E-state index in [2.05, 4.69) is 10.3 Å². The van der Waals surface area contributed by atoms with E-state index in [0.717, 1.165) is 17.7 Å². The zero-order valence-electron chi connectivity index (χ0n) is 10.6. The Morgan fingerprint density at radius 2 is 1.79 bits per heavy atom. The highest BCUT2D eigenvalue weighted by Gasteiger charge is 2.11. The highest BCUT2D eigenvalue weighted by molar-refractivity contribution is 6.37. The van der Waals surface area contributed by atoms with Crippen LogP contribution in [0, 0.1) is 6.92 Å². The highest BCUT2D eigenvalue weighted by Crippen LogP contribution is 2.33. The van der Waals surface area contributed by atoms with Crippen molar-refractivity contribution in [2.75, 3.05) is 11.9 Å². The summed E-state index contributed by atoms with van der Waals surface area (Å²) in [4.78, 5) is 4.47. The first-order valence-corrected chi connectivity index (χ1v) is 7.02. The normalized spacial score (nSPS) is 10.6. The zero-order chi connectivity index (χ0) is 14.0. The lowest BCUT2D eigenvalue weighted by Crippen LogP contribution is -2.01. The molecular formula is C14H13Cl3N2. The second-order valence-corrected chi connectivity index (χ2v) is 5.37. The highest BCUT2D eigenvalue weighted by atomic mass is 35.5. The van der Waals surface area contributed by atoms with Gasteiger partial charge in [0.1, 0.15) is 5.82 Å². The van der Waals surface area contributed by atoms with Crippen molar-refractivity contribution in [1.29, 1.82) is 0 Å². The van der Waals surface area contributed by atoms with Crippen LogP contribution < -0.4 is 5.32 Å². The minimum absolute atomic E-state index is 0.506. The van der Waals surface area contributed by atoms with Gasteiger partial charge < -0.3 is 5.32 Å². The van der Waals surface area contributed by atoms with E-state index in [1.165, 1.54) is 0 Å². The molecule has 0 amide bonds. The number of rotatable bonds is 3. The van der Waals surface area contributed by atoms with Crippen molar-refractivity contribution >= 4 is 40.6 Å². The molecule has 0 atom stereocenters. The number of benzene rings is 1. The summed E-state index contributed by atoms with van der Waals surface area (Å²) in [7, 11) is 0. The molecule has 0 radical (unpaired) electrons. The number of nitrogens with zero attached hydrogens (tertiary/aromatic N) is 1. The fourth-order valence-electron chi connectivity index (χ4n) is 1.70. The number of aromatic nitrogens is 1. The van der Waals surface area contributed by atoms with Crippen LogP contribution in [0.3, 0.4) is 0 Å². The van der Waals surface area contributed by atoms with Gasteiger partial charge in [0.05, 0.1) is 15.7 Å². The largest absolute Gasteiger partial charge is 0.369 e. The summed E-state index contributed by atoms with van der Waals surface area (Å²) in [5, 5.41) is 4.81. The minimum atomic E-state index is 0.506. The molecule has 0 saturated heterocycles. The quantitative estimate of drug-likeness (QED) is 0.814. The molecule has 2 rings (SSSR count). The van der Waals surface area contributed by atoms with Crippen molar-refractivity contribution in [1.82, 2.24) is 4.98 Å². The van der Waals surface area contributed by atoms with Crippen LogP contribution in [0.25, 0.3) is 11.3 Å². The average molecular weight is 316 g/mol. The summed E-state index contributed by atoms with van der Waals surface area (Å²) in [6.07, 6.45) is 0. The van der Waals surface area contributed by atoms with E-state index in [9.17, 15) is 0 Å². The first-order valence-electron chi connectivity index (χ1n) is 5.89. The molecule has 0 fully saturated rings. The molecular weight excluding hydrogens is 303 g/mol. The predicted molar refractivity (Wildman–Crippen MR) is 83.6 cm³/mol. The Kier molecular flexibility index (Phi) is 4.56. The van der Waals surface area contributed by atoms with E-state index >= 15 is 0 Å².